The van der Waals surface area contributed by atoms with Crippen molar-refractivity contribution in [2.75, 3.05) is 0 Å². The van der Waals surface area contributed by atoms with E-state index in [9.17, 15) is 4.79 Å². The highest BCUT2D eigenvalue weighted by Gasteiger charge is 2.24. The van der Waals surface area contributed by atoms with Crippen LogP contribution in [0, 0.1) is 0 Å². The second kappa shape index (κ2) is 4.53. The van der Waals surface area contributed by atoms with Crippen LogP contribution in [0.25, 0.3) is 5.69 Å². The van der Waals surface area contributed by atoms with Crippen molar-refractivity contribution < 1.29 is 4.79 Å². The third-order valence-corrected chi connectivity index (χ3v) is 3.52. The second-order valence-electron chi connectivity index (χ2n) is 4.28. The summed E-state index contributed by atoms with van der Waals surface area (Å²) >= 11 is 3.40. The number of carbonyl (C=O) groups is 1. The molecule has 6 heteroatoms. The van der Waals surface area contributed by atoms with Gasteiger partial charge in [-0.25, -0.2) is 0 Å². The maximum Gasteiger partial charge on any atom is 0.252 e. The Hall–Kier alpha value is -1.69. The lowest BCUT2D eigenvalue weighted by molar-refractivity contribution is 0.0950. The number of halogens is 1. The molecule has 1 amide bonds. The number of rotatable bonds is 3. The molecule has 1 heterocycles. The van der Waals surface area contributed by atoms with Crippen molar-refractivity contribution in [3.05, 3.63) is 40.9 Å². The molecule has 0 aliphatic heterocycles. The van der Waals surface area contributed by atoms with E-state index in [-0.39, 0.29) is 5.91 Å². The molecule has 1 saturated carbocycles. The topological polar surface area (TPSA) is 59.8 Å². The van der Waals surface area contributed by atoms with Gasteiger partial charge in [0.05, 0.1) is 5.56 Å². The molecule has 5 nitrogen and oxygen atoms in total. The molecule has 0 saturated heterocycles. The Labute approximate surface area is 112 Å². The van der Waals surface area contributed by atoms with Gasteiger partial charge in [0.1, 0.15) is 12.7 Å². The van der Waals surface area contributed by atoms with E-state index in [4.69, 9.17) is 0 Å². The first kappa shape index (κ1) is 11.4. The van der Waals surface area contributed by atoms with E-state index in [1.807, 2.05) is 18.2 Å². The molecule has 1 aliphatic carbocycles. The minimum atomic E-state index is -0.0423. The normalized spacial score (nSPS) is 14.5. The van der Waals surface area contributed by atoms with Gasteiger partial charge >= 0.3 is 0 Å². The number of carbonyl (C=O) groups excluding carboxylic acids is 1. The molecule has 0 radical (unpaired) electrons. The summed E-state index contributed by atoms with van der Waals surface area (Å²) in [7, 11) is 0. The Bertz CT molecular complexity index is 578. The van der Waals surface area contributed by atoms with E-state index >= 15 is 0 Å². The van der Waals surface area contributed by atoms with E-state index in [1.54, 1.807) is 17.2 Å². The van der Waals surface area contributed by atoms with Gasteiger partial charge in [0.2, 0.25) is 0 Å². The van der Waals surface area contributed by atoms with Crippen LogP contribution in [-0.2, 0) is 0 Å². The predicted octanol–water partition coefficient (Wildman–Crippen LogP) is 1.92. The molecular formula is C12H11BrN4O. The lowest BCUT2D eigenvalue weighted by atomic mass is 10.2. The number of amides is 1. The largest absolute Gasteiger partial charge is 0.349 e. The summed E-state index contributed by atoms with van der Waals surface area (Å²) in [6, 6.07) is 5.94. The van der Waals surface area contributed by atoms with Crippen LogP contribution in [0.1, 0.15) is 23.2 Å². The average Bonchev–Trinajstić information content (AvgIpc) is 3.01. The number of nitrogens with one attached hydrogen (secondary N) is 1. The fraction of sp³-hybridized carbons (Fsp3) is 0.250. The first-order valence-corrected chi connectivity index (χ1v) is 6.49. The fourth-order valence-corrected chi connectivity index (χ4v) is 2.10. The number of aromatic nitrogens is 3. The highest BCUT2D eigenvalue weighted by molar-refractivity contribution is 9.10. The van der Waals surface area contributed by atoms with Crippen LogP contribution in [0.15, 0.2) is 35.3 Å². The van der Waals surface area contributed by atoms with Gasteiger partial charge in [-0.2, -0.15) is 0 Å². The van der Waals surface area contributed by atoms with E-state index in [2.05, 4.69) is 31.4 Å². The molecule has 0 atom stereocenters. The van der Waals surface area contributed by atoms with Gasteiger partial charge in [0.25, 0.3) is 5.91 Å². The Morgan fingerprint density at radius 3 is 2.72 bits per heavy atom. The minimum absolute atomic E-state index is 0.0423. The minimum Gasteiger partial charge on any atom is -0.349 e. The van der Waals surface area contributed by atoms with Crippen LogP contribution in [0.2, 0.25) is 0 Å². The average molecular weight is 307 g/mol. The molecule has 92 valence electrons. The number of hydrogen-bond acceptors (Lipinski definition) is 3. The summed E-state index contributed by atoms with van der Waals surface area (Å²) in [6.07, 6.45) is 5.36. The van der Waals surface area contributed by atoms with Gasteiger partial charge in [-0.1, -0.05) is 0 Å². The van der Waals surface area contributed by atoms with E-state index < -0.39 is 0 Å². The maximum absolute atomic E-state index is 12.1. The zero-order valence-electron chi connectivity index (χ0n) is 9.51. The van der Waals surface area contributed by atoms with Crippen LogP contribution >= 0.6 is 15.9 Å². The standard InChI is InChI=1S/C12H11BrN4O/c13-11-4-3-9(17-6-14-15-7-17)5-10(11)12(18)16-8-1-2-8/h3-8H,1-2H2,(H,16,18). The van der Waals surface area contributed by atoms with E-state index in [0.717, 1.165) is 23.0 Å². The molecule has 3 rings (SSSR count). The summed E-state index contributed by atoms with van der Waals surface area (Å²) in [5.74, 6) is -0.0423. The van der Waals surface area contributed by atoms with Gasteiger partial charge in [0.15, 0.2) is 0 Å². The van der Waals surface area contributed by atoms with Crippen molar-refractivity contribution >= 4 is 21.8 Å². The van der Waals surface area contributed by atoms with Gasteiger partial charge in [-0.3, -0.25) is 9.36 Å². The maximum atomic E-state index is 12.1. The molecule has 1 fully saturated rings. The molecule has 18 heavy (non-hydrogen) atoms. The van der Waals surface area contributed by atoms with Crippen molar-refractivity contribution in [1.29, 1.82) is 0 Å². The second-order valence-corrected chi connectivity index (χ2v) is 5.14. The highest BCUT2D eigenvalue weighted by atomic mass is 79.9. The fourth-order valence-electron chi connectivity index (χ4n) is 1.67. The van der Waals surface area contributed by atoms with Gasteiger partial charge in [0, 0.05) is 16.2 Å². The molecular weight excluding hydrogens is 296 g/mol. The van der Waals surface area contributed by atoms with Crippen molar-refractivity contribution in [1.82, 2.24) is 20.1 Å². The molecule has 1 aromatic heterocycles. The summed E-state index contributed by atoms with van der Waals surface area (Å²) < 4.78 is 2.55. The summed E-state index contributed by atoms with van der Waals surface area (Å²) in [5, 5.41) is 10.5. The first-order valence-electron chi connectivity index (χ1n) is 5.69. The van der Waals surface area contributed by atoms with Gasteiger partial charge in [-0.15, -0.1) is 10.2 Å². The number of benzene rings is 1. The molecule has 1 N–H and O–H groups in total. The summed E-state index contributed by atoms with van der Waals surface area (Å²) in [5.41, 5.74) is 1.50. The Morgan fingerprint density at radius 2 is 2.06 bits per heavy atom. The Morgan fingerprint density at radius 1 is 1.33 bits per heavy atom. The van der Waals surface area contributed by atoms with Crippen molar-refractivity contribution in [3.8, 4) is 5.69 Å². The quantitative estimate of drug-likeness (QED) is 0.942. The number of nitrogens with zero attached hydrogens (tertiary/aromatic N) is 3. The highest BCUT2D eigenvalue weighted by Crippen LogP contribution is 2.23. The van der Waals surface area contributed by atoms with Crippen molar-refractivity contribution in [3.63, 3.8) is 0 Å². The smallest absolute Gasteiger partial charge is 0.252 e. The third kappa shape index (κ3) is 2.28. The van der Waals surface area contributed by atoms with E-state index in [0.29, 0.717) is 11.6 Å². The molecule has 0 unspecified atom stereocenters. The molecule has 0 bridgehead atoms. The molecule has 1 aliphatic rings. The van der Waals surface area contributed by atoms with Crippen LogP contribution in [0.5, 0.6) is 0 Å². The molecule has 0 spiro atoms. The lowest BCUT2D eigenvalue weighted by Crippen LogP contribution is -2.25. The number of hydrogen-bond donors (Lipinski definition) is 1. The predicted molar refractivity (Wildman–Crippen MR) is 69.5 cm³/mol. The van der Waals surface area contributed by atoms with Crippen molar-refractivity contribution in [2.45, 2.75) is 18.9 Å². The van der Waals surface area contributed by atoms with Crippen LogP contribution in [-0.4, -0.2) is 26.7 Å². The van der Waals surface area contributed by atoms with Gasteiger partial charge in [-0.05, 0) is 47.0 Å². The lowest BCUT2D eigenvalue weighted by Gasteiger charge is -2.08. The monoisotopic (exact) mass is 306 g/mol. The van der Waals surface area contributed by atoms with Crippen LogP contribution < -0.4 is 5.32 Å². The summed E-state index contributed by atoms with van der Waals surface area (Å²) in [4.78, 5) is 12.1. The zero-order valence-corrected chi connectivity index (χ0v) is 11.1. The SMILES string of the molecule is O=C(NC1CC1)c1cc(-n2cnnc2)ccc1Br. The Kier molecular flexibility index (Phi) is 2.87. The zero-order chi connectivity index (χ0) is 12.5. The molecule has 2 aromatic rings. The van der Waals surface area contributed by atoms with E-state index in [1.165, 1.54) is 0 Å². The Balaban J connectivity index is 1.92. The summed E-state index contributed by atoms with van der Waals surface area (Å²) in [6.45, 7) is 0. The third-order valence-electron chi connectivity index (χ3n) is 2.82. The van der Waals surface area contributed by atoms with Crippen LogP contribution in [0.3, 0.4) is 0 Å². The van der Waals surface area contributed by atoms with Crippen LogP contribution in [0.4, 0.5) is 0 Å². The van der Waals surface area contributed by atoms with Crippen molar-refractivity contribution in [2.24, 2.45) is 0 Å². The van der Waals surface area contributed by atoms with Gasteiger partial charge < -0.3 is 5.32 Å². The first-order chi connectivity index (χ1) is 8.74. The molecule has 1 aromatic carbocycles.